The van der Waals surface area contributed by atoms with E-state index in [-0.39, 0.29) is 12.3 Å². The summed E-state index contributed by atoms with van der Waals surface area (Å²) in [6.07, 6.45) is -3.36. The minimum atomic E-state index is -4.10. The Balaban J connectivity index is 2.36. The van der Waals surface area contributed by atoms with E-state index in [4.69, 9.17) is 5.73 Å². The molecular formula is C7H13F3N2. The van der Waals surface area contributed by atoms with Gasteiger partial charge in [0, 0.05) is 0 Å². The first-order chi connectivity index (χ1) is 5.54. The molecule has 0 aromatic carbocycles. The van der Waals surface area contributed by atoms with E-state index in [0.29, 0.717) is 19.5 Å². The minimum Gasteiger partial charge on any atom is -0.330 e. The van der Waals surface area contributed by atoms with Gasteiger partial charge in [-0.25, -0.2) is 0 Å². The third-order valence-electron chi connectivity index (χ3n) is 2.24. The number of hydrogen-bond donors (Lipinski definition) is 2. The fraction of sp³-hybridized carbons (Fsp3) is 1.00. The van der Waals surface area contributed by atoms with Crippen LogP contribution in [0.4, 0.5) is 13.2 Å². The Bertz CT molecular complexity index is 138. The molecule has 0 unspecified atom stereocenters. The third kappa shape index (κ3) is 2.35. The molecule has 0 saturated carbocycles. The van der Waals surface area contributed by atoms with Crippen molar-refractivity contribution in [2.24, 2.45) is 11.7 Å². The van der Waals surface area contributed by atoms with Crippen LogP contribution in [0.15, 0.2) is 0 Å². The maximum absolute atomic E-state index is 12.1. The molecule has 0 radical (unpaired) electrons. The number of piperidine rings is 1. The molecule has 2 nitrogen and oxygen atoms in total. The SMILES string of the molecule is NC[C@@H]1CC[C@@H](C(F)(F)F)NC1. The van der Waals surface area contributed by atoms with Crippen molar-refractivity contribution in [2.45, 2.75) is 25.1 Å². The minimum absolute atomic E-state index is 0.158. The van der Waals surface area contributed by atoms with E-state index in [1.54, 1.807) is 0 Å². The predicted molar refractivity (Wildman–Crippen MR) is 39.6 cm³/mol. The van der Waals surface area contributed by atoms with Gasteiger partial charge in [-0.3, -0.25) is 0 Å². The van der Waals surface area contributed by atoms with E-state index in [0.717, 1.165) is 0 Å². The lowest BCUT2D eigenvalue weighted by atomic mass is 9.95. The van der Waals surface area contributed by atoms with Gasteiger partial charge in [0.05, 0.1) is 0 Å². The molecule has 0 aromatic rings. The summed E-state index contributed by atoms with van der Waals surface area (Å²) in [4.78, 5) is 0. The predicted octanol–water partition coefficient (Wildman–Crippen LogP) is 0.876. The van der Waals surface area contributed by atoms with Crippen LogP contribution in [0.2, 0.25) is 0 Å². The molecule has 1 heterocycles. The second kappa shape index (κ2) is 3.62. The smallest absolute Gasteiger partial charge is 0.330 e. The normalized spacial score (nSPS) is 32.0. The van der Waals surface area contributed by atoms with E-state index >= 15 is 0 Å². The molecule has 72 valence electrons. The van der Waals surface area contributed by atoms with Crippen LogP contribution in [0.3, 0.4) is 0 Å². The van der Waals surface area contributed by atoms with Crippen molar-refractivity contribution in [1.29, 1.82) is 0 Å². The molecular weight excluding hydrogens is 169 g/mol. The van der Waals surface area contributed by atoms with Crippen LogP contribution in [-0.4, -0.2) is 25.3 Å². The average Bonchev–Trinajstić information content (AvgIpc) is 2.03. The van der Waals surface area contributed by atoms with Gasteiger partial charge in [-0.05, 0) is 31.8 Å². The molecule has 3 N–H and O–H groups in total. The van der Waals surface area contributed by atoms with Crippen molar-refractivity contribution in [3.05, 3.63) is 0 Å². The lowest BCUT2D eigenvalue weighted by molar-refractivity contribution is -0.161. The monoisotopic (exact) mass is 182 g/mol. The average molecular weight is 182 g/mol. The van der Waals surface area contributed by atoms with Crippen LogP contribution in [0.1, 0.15) is 12.8 Å². The van der Waals surface area contributed by atoms with Crippen LogP contribution in [-0.2, 0) is 0 Å². The maximum Gasteiger partial charge on any atom is 0.403 e. The van der Waals surface area contributed by atoms with E-state index in [9.17, 15) is 13.2 Å². The molecule has 0 spiro atoms. The lowest BCUT2D eigenvalue weighted by Gasteiger charge is -2.30. The standard InChI is InChI=1S/C7H13F3N2/c8-7(9,10)6-2-1-5(3-11)4-12-6/h5-6,12H,1-4,11H2/t5-,6-/m0/s1. The van der Waals surface area contributed by atoms with Gasteiger partial charge in [-0.2, -0.15) is 13.2 Å². The van der Waals surface area contributed by atoms with Gasteiger partial charge in [0.1, 0.15) is 6.04 Å². The van der Waals surface area contributed by atoms with Gasteiger partial charge in [0.15, 0.2) is 0 Å². The molecule has 2 atom stereocenters. The molecule has 0 aromatic heterocycles. The zero-order valence-corrected chi connectivity index (χ0v) is 6.69. The zero-order valence-electron chi connectivity index (χ0n) is 6.69. The highest BCUT2D eigenvalue weighted by Gasteiger charge is 2.41. The highest BCUT2D eigenvalue weighted by Crippen LogP contribution is 2.27. The first-order valence-electron chi connectivity index (χ1n) is 4.04. The molecule has 0 bridgehead atoms. The topological polar surface area (TPSA) is 38.0 Å². The Kier molecular flexibility index (Phi) is 2.95. The second-order valence-corrected chi connectivity index (χ2v) is 3.18. The molecule has 0 amide bonds. The van der Waals surface area contributed by atoms with Crippen molar-refractivity contribution in [1.82, 2.24) is 5.32 Å². The number of nitrogens with one attached hydrogen (secondary N) is 1. The van der Waals surface area contributed by atoms with Crippen molar-refractivity contribution in [2.75, 3.05) is 13.1 Å². The van der Waals surface area contributed by atoms with Crippen LogP contribution < -0.4 is 11.1 Å². The van der Waals surface area contributed by atoms with Crippen molar-refractivity contribution < 1.29 is 13.2 Å². The lowest BCUT2D eigenvalue weighted by Crippen LogP contribution is -2.49. The van der Waals surface area contributed by atoms with E-state index < -0.39 is 12.2 Å². The summed E-state index contributed by atoms with van der Waals surface area (Å²) < 4.78 is 36.2. The molecule has 1 saturated heterocycles. The first-order valence-corrected chi connectivity index (χ1v) is 4.04. The summed E-state index contributed by atoms with van der Waals surface area (Å²) in [5, 5.41) is 2.46. The molecule has 1 fully saturated rings. The number of rotatable bonds is 1. The molecule has 0 aliphatic carbocycles. The van der Waals surface area contributed by atoms with Crippen molar-refractivity contribution in [3.63, 3.8) is 0 Å². The van der Waals surface area contributed by atoms with Crippen LogP contribution in [0.25, 0.3) is 0 Å². The summed E-state index contributed by atoms with van der Waals surface area (Å²) in [7, 11) is 0. The number of nitrogens with two attached hydrogens (primary N) is 1. The summed E-state index contributed by atoms with van der Waals surface area (Å²) >= 11 is 0. The van der Waals surface area contributed by atoms with Gasteiger partial charge < -0.3 is 11.1 Å². The van der Waals surface area contributed by atoms with Crippen molar-refractivity contribution in [3.8, 4) is 0 Å². The Morgan fingerprint density at radius 3 is 2.33 bits per heavy atom. The molecule has 12 heavy (non-hydrogen) atoms. The number of alkyl halides is 3. The Labute approximate surface area is 69.3 Å². The molecule has 1 aliphatic rings. The maximum atomic E-state index is 12.1. The number of hydrogen-bond acceptors (Lipinski definition) is 2. The molecule has 1 rings (SSSR count). The fourth-order valence-corrected chi connectivity index (χ4v) is 1.40. The van der Waals surface area contributed by atoms with E-state index in [1.165, 1.54) is 0 Å². The third-order valence-corrected chi connectivity index (χ3v) is 2.24. The number of halogens is 3. The van der Waals surface area contributed by atoms with Crippen LogP contribution >= 0.6 is 0 Å². The van der Waals surface area contributed by atoms with Gasteiger partial charge in [-0.15, -0.1) is 0 Å². The second-order valence-electron chi connectivity index (χ2n) is 3.18. The van der Waals surface area contributed by atoms with Crippen LogP contribution in [0, 0.1) is 5.92 Å². The van der Waals surface area contributed by atoms with Gasteiger partial charge in [0.25, 0.3) is 0 Å². The molecule has 1 aliphatic heterocycles. The summed E-state index contributed by atoms with van der Waals surface area (Å²) in [5.74, 6) is 0.212. The van der Waals surface area contributed by atoms with Crippen molar-refractivity contribution >= 4 is 0 Å². The van der Waals surface area contributed by atoms with Crippen LogP contribution in [0.5, 0.6) is 0 Å². The quantitative estimate of drug-likeness (QED) is 0.631. The first kappa shape index (κ1) is 9.80. The fourth-order valence-electron chi connectivity index (χ4n) is 1.40. The Morgan fingerprint density at radius 2 is 2.00 bits per heavy atom. The highest BCUT2D eigenvalue weighted by atomic mass is 19.4. The van der Waals surface area contributed by atoms with E-state index in [2.05, 4.69) is 5.32 Å². The zero-order chi connectivity index (χ0) is 9.19. The Hall–Kier alpha value is -0.290. The highest BCUT2D eigenvalue weighted by molar-refractivity contribution is 4.82. The van der Waals surface area contributed by atoms with E-state index in [1.807, 2.05) is 0 Å². The summed E-state index contributed by atoms with van der Waals surface area (Å²) in [6, 6.07) is -1.32. The largest absolute Gasteiger partial charge is 0.403 e. The summed E-state index contributed by atoms with van der Waals surface area (Å²) in [5.41, 5.74) is 5.34. The van der Waals surface area contributed by atoms with Gasteiger partial charge in [0.2, 0.25) is 0 Å². The Morgan fingerprint density at radius 1 is 1.33 bits per heavy atom. The molecule has 5 heteroatoms. The van der Waals surface area contributed by atoms with Gasteiger partial charge in [-0.1, -0.05) is 0 Å². The summed E-state index contributed by atoms with van der Waals surface area (Å²) in [6.45, 7) is 0.859. The van der Waals surface area contributed by atoms with Gasteiger partial charge >= 0.3 is 6.18 Å².